The van der Waals surface area contributed by atoms with E-state index in [1.165, 1.54) is 0 Å². The summed E-state index contributed by atoms with van der Waals surface area (Å²) in [5.74, 6) is 0.683. The predicted octanol–water partition coefficient (Wildman–Crippen LogP) is 0.897. The standard InChI is InChI=1S/C11H13N3O2/c1-16-6-2-3-10-13-9-7-12-5-4-8(9)11(15)14-10/h4-5,7H,2-3,6H2,1H3,(H,13,14,15). The van der Waals surface area contributed by atoms with Crippen molar-refractivity contribution in [3.8, 4) is 0 Å². The third kappa shape index (κ3) is 2.25. The van der Waals surface area contributed by atoms with E-state index in [1.807, 2.05) is 0 Å². The van der Waals surface area contributed by atoms with Gasteiger partial charge >= 0.3 is 0 Å². The molecular weight excluding hydrogens is 206 g/mol. The number of nitrogens with zero attached hydrogens (tertiary/aromatic N) is 2. The van der Waals surface area contributed by atoms with Gasteiger partial charge in [0.25, 0.3) is 5.56 Å². The fraction of sp³-hybridized carbons (Fsp3) is 0.364. The number of aromatic amines is 1. The molecule has 0 aliphatic heterocycles. The van der Waals surface area contributed by atoms with E-state index in [1.54, 1.807) is 25.6 Å². The van der Waals surface area contributed by atoms with Crippen LogP contribution in [-0.2, 0) is 11.2 Å². The molecule has 2 rings (SSSR count). The van der Waals surface area contributed by atoms with Crippen molar-refractivity contribution in [3.05, 3.63) is 34.6 Å². The molecule has 5 nitrogen and oxygen atoms in total. The Bertz CT molecular complexity index is 536. The molecule has 0 aliphatic rings. The third-order valence-corrected chi connectivity index (χ3v) is 2.32. The Morgan fingerprint density at radius 1 is 1.50 bits per heavy atom. The Morgan fingerprint density at radius 3 is 3.19 bits per heavy atom. The second kappa shape index (κ2) is 4.85. The molecule has 0 unspecified atom stereocenters. The molecule has 0 radical (unpaired) electrons. The smallest absolute Gasteiger partial charge is 0.258 e. The Kier molecular flexibility index (Phi) is 3.26. The maximum absolute atomic E-state index is 11.7. The molecule has 0 spiro atoms. The Morgan fingerprint density at radius 2 is 2.38 bits per heavy atom. The number of aryl methyl sites for hydroxylation is 1. The van der Waals surface area contributed by atoms with Crippen molar-refractivity contribution < 1.29 is 4.74 Å². The average molecular weight is 219 g/mol. The molecule has 0 saturated carbocycles. The van der Waals surface area contributed by atoms with Crippen LogP contribution in [0.3, 0.4) is 0 Å². The van der Waals surface area contributed by atoms with E-state index in [2.05, 4.69) is 15.0 Å². The van der Waals surface area contributed by atoms with Gasteiger partial charge in [-0.2, -0.15) is 0 Å². The van der Waals surface area contributed by atoms with Crippen LogP contribution in [0.4, 0.5) is 0 Å². The van der Waals surface area contributed by atoms with Gasteiger partial charge in [-0.1, -0.05) is 0 Å². The maximum atomic E-state index is 11.7. The summed E-state index contributed by atoms with van der Waals surface area (Å²) >= 11 is 0. The summed E-state index contributed by atoms with van der Waals surface area (Å²) in [5, 5.41) is 0.575. The van der Waals surface area contributed by atoms with Gasteiger partial charge in [-0.25, -0.2) is 4.98 Å². The Hall–Kier alpha value is -1.75. The largest absolute Gasteiger partial charge is 0.385 e. The minimum absolute atomic E-state index is 0.111. The van der Waals surface area contributed by atoms with Gasteiger partial charge < -0.3 is 9.72 Å². The minimum Gasteiger partial charge on any atom is -0.385 e. The zero-order valence-electron chi connectivity index (χ0n) is 9.06. The number of hydrogen-bond donors (Lipinski definition) is 1. The van der Waals surface area contributed by atoms with Gasteiger partial charge in [-0.05, 0) is 12.5 Å². The molecule has 2 heterocycles. The molecule has 0 fully saturated rings. The van der Waals surface area contributed by atoms with Crippen LogP contribution in [0.25, 0.3) is 10.9 Å². The molecule has 1 N–H and O–H groups in total. The number of methoxy groups -OCH3 is 1. The van der Waals surface area contributed by atoms with Crippen LogP contribution in [-0.4, -0.2) is 28.7 Å². The highest BCUT2D eigenvalue weighted by Gasteiger charge is 2.02. The van der Waals surface area contributed by atoms with E-state index < -0.39 is 0 Å². The number of hydrogen-bond acceptors (Lipinski definition) is 4. The molecule has 2 aromatic heterocycles. The van der Waals surface area contributed by atoms with Crippen molar-refractivity contribution in [2.75, 3.05) is 13.7 Å². The van der Waals surface area contributed by atoms with Crippen LogP contribution < -0.4 is 5.56 Å². The van der Waals surface area contributed by atoms with Crippen LogP contribution in [0.5, 0.6) is 0 Å². The van der Waals surface area contributed by atoms with Crippen molar-refractivity contribution in [2.45, 2.75) is 12.8 Å². The summed E-state index contributed by atoms with van der Waals surface area (Å²) in [7, 11) is 1.65. The molecule has 0 aliphatic carbocycles. The van der Waals surface area contributed by atoms with Gasteiger partial charge in [-0.3, -0.25) is 9.78 Å². The summed E-state index contributed by atoms with van der Waals surface area (Å²) in [6.07, 6.45) is 4.73. The lowest BCUT2D eigenvalue weighted by Gasteiger charge is -2.02. The molecular formula is C11H13N3O2. The van der Waals surface area contributed by atoms with Crippen LogP contribution in [0.1, 0.15) is 12.2 Å². The molecule has 84 valence electrons. The van der Waals surface area contributed by atoms with E-state index in [-0.39, 0.29) is 5.56 Å². The fourth-order valence-corrected chi connectivity index (χ4v) is 1.54. The van der Waals surface area contributed by atoms with Crippen molar-refractivity contribution >= 4 is 10.9 Å². The summed E-state index contributed by atoms with van der Waals surface area (Å²) in [5.41, 5.74) is 0.526. The number of nitrogens with one attached hydrogen (secondary N) is 1. The van der Waals surface area contributed by atoms with E-state index in [9.17, 15) is 4.79 Å². The summed E-state index contributed by atoms with van der Waals surface area (Å²) in [6, 6.07) is 1.67. The number of rotatable bonds is 4. The Labute approximate surface area is 92.5 Å². The second-order valence-corrected chi connectivity index (χ2v) is 3.50. The SMILES string of the molecule is COCCCc1nc2cnccc2c(=O)[nH]1. The number of pyridine rings is 1. The zero-order chi connectivity index (χ0) is 11.4. The van der Waals surface area contributed by atoms with Gasteiger partial charge in [0, 0.05) is 26.3 Å². The predicted molar refractivity (Wildman–Crippen MR) is 60.4 cm³/mol. The van der Waals surface area contributed by atoms with Gasteiger partial charge in [0.05, 0.1) is 17.1 Å². The molecule has 5 heteroatoms. The molecule has 0 bridgehead atoms. The Balaban J connectivity index is 2.31. The van der Waals surface area contributed by atoms with Gasteiger partial charge in [-0.15, -0.1) is 0 Å². The van der Waals surface area contributed by atoms with Gasteiger partial charge in [0.2, 0.25) is 0 Å². The van der Waals surface area contributed by atoms with Crippen LogP contribution >= 0.6 is 0 Å². The third-order valence-electron chi connectivity index (χ3n) is 2.32. The highest BCUT2D eigenvalue weighted by atomic mass is 16.5. The maximum Gasteiger partial charge on any atom is 0.258 e. The summed E-state index contributed by atoms with van der Waals surface area (Å²) in [6.45, 7) is 0.661. The first-order valence-electron chi connectivity index (χ1n) is 5.13. The highest BCUT2D eigenvalue weighted by molar-refractivity contribution is 5.75. The van der Waals surface area contributed by atoms with Crippen LogP contribution in [0.2, 0.25) is 0 Å². The second-order valence-electron chi connectivity index (χ2n) is 3.50. The van der Waals surface area contributed by atoms with E-state index in [0.29, 0.717) is 29.8 Å². The lowest BCUT2D eigenvalue weighted by Crippen LogP contribution is -2.12. The first-order valence-corrected chi connectivity index (χ1v) is 5.13. The topological polar surface area (TPSA) is 67.9 Å². The molecule has 0 amide bonds. The van der Waals surface area contributed by atoms with Crippen molar-refractivity contribution in [1.82, 2.24) is 15.0 Å². The van der Waals surface area contributed by atoms with Crippen molar-refractivity contribution in [3.63, 3.8) is 0 Å². The van der Waals surface area contributed by atoms with Gasteiger partial charge in [0.1, 0.15) is 5.82 Å². The number of aromatic nitrogens is 3. The highest BCUT2D eigenvalue weighted by Crippen LogP contribution is 2.04. The van der Waals surface area contributed by atoms with Gasteiger partial charge in [0.15, 0.2) is 0 Å². The van der Waals surface area contributed by atoms with E-state index in [4.69, 9.17) is 4.74 Å². The van der Waals surface area contributed by atoms with Crippen molar-refractivity contribution in [2.24, 2.45) is 0 Å². The lowest BCUT2D eigenvalue weighted by atomic mass is 10.2. The van der Waals surface area contributed by atoms with Crippen LogP contribution in [0, 0.1) is 0 Å². The fourth-order valence-electron chi connectivity index (χ4n) is 1.54. The van der Waals surface area contributed by atoms with Crippen molar-refractivity contribution in [1.29, 1.82) is 0 Å². The average Bonchev–Trinajstić information content (AvgIpc) is 2.30. The number of ether oxygens (including phenoxy) is 1. The first-order chi connectivity index (χ1) is 7.81. The first kappa shape index (κ1) is 10.8. The summed E-state index contributed by atoms with van der Waals surface area (Å²) in [4.78, 5) is 22.7. The lowest BCUT2D eigenvalue weighted by molar-refractivity contribution is 0.194. The van der Waals surface area contributed by atoms with E-state index >= 15 is 0 Å². The molecule has 16 heavy (non-hydrogen) atoms. The normalized spacial score (nSPS) is 10.8. The number of fused-ring (bicyclic) bond motifs is 1. The molecule has 2 aromatic rings. The zero-order valence-corrected chi connectivity index (χ0v) is 9.06. The monoisotopic (exact) mass is 219 g/mol. The molecule has 0 saturated heterocycles. The number of H-pyrrole nitrogens is 1. The summed E-state index contributed by atoms with van der Waals surface area (Å²) < 4.78 is 4.95. The molecule has 0 atom stereocenters. The van der Waals surface area contributed by atoms with Crippen LogP contribution in [0.15, 0.2) is 23.3 Å². The quantitative estimate of drug-likeness (QED) is 0.776. The van der Waals surface area contributed by atoms with E-state index in [0.717, 1.165) is 6.42 Å². The molecule has 0 aromatic carbocycles. The minimum atomic E-state index is -0.111.